The third kappa shape index (κ3) is 7.46. The summed E-state index contributed by atoms with van der Waals surface area (Å²) in [6.45, 7) is 0.508. The first kappa shape index (κ1) is 31.0. The molecule has 1 aliphatic heterocycles. The van der Waals surface area contributed by atoms with Gasteiger partial charge in [0.2, 0.25) is 23.5 Å². The fraction of sp³-hybridized carbons (Fsp3) is 0.719. The first-order chi connectivity index (χ1) is 19.9. The molecule has 1 saturated heterocycles. The number of hydrogen-bond donors (Lipinski definition) is 2. The van der Waals surface area contributed by atoms with Gasteiger partial charge in [-0.05, 0) is 68.1 Å². The summed E-state index contributed by atoms with van der Waals surface area (Å²) in [6, 6.07) is 2.42. The molecular weight excluding hydrogens is 522 g/mol. The Balaban J connectivity index is 1.61. The van der Waals surface area contributed by atoms with Crippen LogP contribution in [0.3, 0.4) is 0 Å². The zero-order chi connectivity index (χ0) is 29.4. The quantitative estimate of drug-likeness (QED) is 0.397. The number of piperidine rings is 1. The second-order valence-corrected chi connectivity index (χ2v) is 12.1. The lowest BCUT2D eigenvalue weighted by Gasteiger charge is -2.40. The van der Waals surface area contributed by atoms with E-state index in [2.05, 4.69) is 5.32 Å². The molecule has 0 radical (unpaired) electrons. The Hall–Kier alpha value is -2.97. The van der Waals surface area contributed by atoms with Crippen molar-refractivity contribution in [2.24, 2.45) is 17.6 Å². The lowest BCUT2D eigenvalue weighted by Crippen LogP contribution is -2.57. The van der Waals surface area contributed by atoms with E-state index in [1.54, 1.807) is 26.2 Å². The van der Waals surface area contributed by atoms with Crippen LogP contribution in [0.1, 0.15) is 101 Å². The van der Waals surface area contributed by atoms with Crippen LogP contribution in [0.5, 0.6) is 17.2 Å². The standard InChI is InChI=1S/C32H49N3O6/c1-39-26-19-23(20-27(40-2)29(26)41-3)28(22-14-8-5-9-15-22)32(38)35-17-11-10-16-25(35)31(37)34-24(30(33)36)18-21-12-6-4-7-13-21/h19-22,24-25,28H,4-18H2,1-3H3,(H2,33,36)(H,34,37)/t24?,25-,28?/m0/s1. The fourth-order valence-electron chi connectivity index (χ4n) is 7.28. The highest BCUT2D eigenvalue weighted by Crippen LogP contribution is 2.45. The second kappa shape index (κ2) is 14.8. The summed E-state index contributed by atoms with van der Waals surface area (Å²) in [5.74, 6) is 0.779. The molecule has 3 fully saturated rings. The second-order valence-electron chi connectivity index (χ2n) is 12.1. The molecule has 3 N–H and O–H groups in total. The van der Waals surface area contributed by atoms with Crippen molar-refractivity contribution in [3.05, 3.63) is 17.7 Å². The van der Waals surface area contributed by atoms with Crippen LogP contribution in [0.25, 0.3) is 0 Å². The number of ether oxygens (including phenoxy) is 3. The van der Waals surface area contributed by atoms with Crippen molar-refractivity contribution in [2.75, 3.05) is 27.9 Å². The summed E-state index contributed by atoms with van der Waals surface area (Å²) in [5, 5.41) is 2.96. The Morgan fingerprint density at radius 1 is 0.854 bits per heavy atom. The number of amides is 3. The molecule has 228 valence electrons. The summed E-state index contributed by atoms with van der Waals surface area (Å²) >= 11 is 0. The van der Waals surface area contributed by atoms with Gasteiger partial charge in [-0.1, -0.05) is 51.4 Å². The van der Waals surface area contributed by atoms with Gasteiger partial charge in [0.1, 0.15) is 12.1 Å². The smallest absolute Gasteiger partial charge is 0.243 e. The Labute approximate surface area is 244 Å². The fourth-order valence-corrected chi connectivity index (χ4v) is 7.28. The van der Waals surface area contributed by atoms with Crippen molar-refractivity contribution in [1.29, 1.82) is 0 Å². The van der Waals surface area contributed by atoms with Gasteiger partial charge in [-0.3, -0.25) is 14.4 Å². The largest absolute Gasteiger partial charge is 0.493 e. The number of methoxy groups -OCH3 is 3. The molecule has 41 heavy (non-hydrogen) atoms. The summed E-state index contributed by atoms with van der Waals surface area (Å²) in [6.07, 6.45) is 13.7. The van der Waals surface area contributed by atoms with Gasteiger partial charge < -0.3 is 30.2 Å². The van der Waals surface area contributed by atoms with E-state index in [4.69, 9.17) is 19.9 Å². The van der Waals surface area contributed by atoms with Crippen molar-refractivity contribution >= 4 is 17.7 Å². The molecule has 9 heteroatoms. The van der Waals surface area contributed by atoms with Crippen LogP contribution in [-0.2, 0) is 14.4 Å². The monoisotopic (exact) mass is 571 g/mol. The molecule has 2 unspecified atom stereocenters. The zero-order valence-electron chi connectivity index (χ0n) is 25.1. The molecular formula is C32H49N3O6. The number of primary amides is 1. The van der Waals surface area contributed by atoms with Gasteiger partial charge in [-0.15, -0.1) is 0 Å². The first-order valence-corrected chi connectivity index (χ1v) is 15.6. The van der Waals surface area contributed by atoms with E-state index in [1.807, 2.05) is 12.1 Å². The molecule has 2 aliphatic carbocycles. The molecule has 1 aromatic carbocycles. The maximum absolute atomic E-state index is 14.5. The normalized spacial score (nSPS) is 21.9. The summed E-state index contributed by atoms with van der Waals surface area (Å²) in [5.41, 5.74) is 6.57. The Kier molecular flexibility index (Phi) is 11.2. The van der Waals surface area contributed by atoms with Crippen molar-refractivity contribution < 1.29 is 28.6 Å². The van der Waals surface area contributed by atoms with Crippen LogP contribution >= 0.6 is 0 Å². The number of benzene rings is 1. The van der Waals surface area contributed by atoms with E-state index in [9.17, 15) is 14.4 Å². The van der Waals surface area contributed by atoms with Crippen LogP contribution < -0.4 is 25.3 Å². The van der Waals surface area contributed by atoms with E-state index in [0.29, 0.717) is 42.6 Å². The maximum atomic E-state index is 14.5. The van der Waals surface area contributed by atoms with Crippen molar-refractivity contribution in [3.8, 4) is 17.2 Å². The molecule has 0 aromatic heterocycles. The van der Waals surface area contributed by atoms with Crippen LogP contribution in [-0.4, -0.2) is 62.6 Å². The number of carbonyl (C=O) groups excluding carboxylic acids is 3. The predicted molar refractivity (Wildman–Crippen MR) is 157 cm³/mol. The van der Waals surface area contributed by atoms with E-state index in [1.165, 1.54) is 6.42 Å². The predicted octanol–water partition coefficient (Wildman–Crippen LogP) is 4.70. The SMILES string of the molecule is COc1cc(C(C(=O)N2CCCC[C@H]2C(=O)NC(CC2CCCCC2)C(N)=O)C2CCCCC2)cc(OC)c1OC. The number of hydrogen-bond acceptors (Lipinski definition) is 6. The third-order valence-electron chi connectivity index (χ3n) is 9.48. The highest BCUT2D eigenvalue weighted by atomic mass is 16.5. The van der Waals surface area contributed by atoms with Crippen LogP contribution in [0, 0.1) is 11.8 Å². The minimum atomic E-state index is -0.714. The van der Waals surface area contributed by atoms with Gasteiger partial charge in [0.15, 0.2) is 11.5 Å². The highest BCUT2D eigenvalue weighted by molar-refractivity contribution is 5.93. The molecule has 0 bridgehead atoms. The molecule has 3 amide bonds. The summed E-state index contributed by atoms with van der Waals surface area (Å²) in [7, 11) is 4.71. The average molecular weight is 572 g/mol. The van der Waals surface area contributed by atoms with Crippen LogP contribution in [0.2, 0.25) is 0 Å². The van der Waals surface area contributed by atoms with Crippen molar-refractivity contribution in [3.63, 3.8) is 0 Å². The zero-order valence-corrected chi connectivity index (χ0v) is 25.1. The minimum absolute atomic E-state index is 0.0473. The Bertz CT molecular complexity index is 1020. The van der Waals surface area contributed by atoms with Crippen LogP contribution in [0.4, 0.5) is 0 Å². The van der Waals surface area contributed by atoms with Gasteiger partial charge in [-0.2, -0.15) is 0 Å². The van der Waals surface area contributed by atoms with E-state index < -0.39 is 23.9 Å². The molecule has 3 aliphatic rings. The molecule has 1 heterocycles. The molecule has 1 aromatic rings. The van der Waals surface area contributed by atoms with Crippen molar-refractivity contribution in [1.82, 2.24) is 10.2 Å². The van der Waals surface area contributed by atoms with Gasteiger partial charge in [0, 0.05) is 6.54 Å². The number of likely N-dealkylation sites (tertiary alicyclic amines) is 1. The Morgan fingerprint density at radius 2 is 1.44 bits per heavy atom. The lowest BCUT2D eigenvalue weighted by atomic mass is 9.75. The maximum Gasteiger partial charge on any atom is 0.243 e. The number of carbonyl (C=O) groups is 3. The minimum Gasteiger partial charge on any atom is -0.493 e. The number of nitrogens with zero attached hydrogens (tertiary/aromatic N) is 1. The molecule has 4 rings (SSSR count). The van der Waals surface area contributed by atoms with Crippen molar-refractivity contribution in [2.45, 2.75) is 108 Å². The van der Waals surface area contributed by atoms with E-state index in [-0.39, 0.29) is 17.7 Å². The van der Waals surface area contributed by atoms with Gasteiger partial charge in [0.25, 0.3) is 0 Å². The summed E-state index contributed by atoms with van der Waals surface area (Å²) in [4.78, 5) is 42.4. The van der Waals surface area contributed by atoms with Crippen LogP contribution in [0.15, 0.2) is 12.1 Å². The molecule has 0 spiro atoms. The summed E-state index contributed by atoms with van der Waals surface area (Å²) < 4.78 is 16.8. The first-order valence-electron chi connectivity index (χ1n) is 15.6. The number of rotatable bonds is 11. The Morgan fingerprint density at radius 3 is 2.00 bits per heavy atom. The third-order valence-corrected chi connectivity index (χ3v) is 9.48. The lowest BCUT2D eigenvalue weighted by molar-refractivity contribution is -0.145. The van der Waals surface area contributed by atoms with E-state index >= 15 is 0 Å². The van der Waals surface area contributed by atoms with Gasteiger partial charge >= 0.3 is 0 Å². The molecule has 2 saturated carbocycles. The molecule has 9 nitrogen and oxygen atoms in total. The van der Waals surface area contributed by atoms with Gasteiger partial charge in [0.05, 0.1) is 27.2 Å². The highest BCUT2D eigenvalue weighted by Gasteiger charge is 2.41. The number of nitrogens with two attached hydrogens (primary N) is 1. The topological polar surface area (TPSA) is 120 Å². The molecule has 3 atom stereocenters. The average Bonchev–Trinajstić information content (AvgIpc) is 3.01. The van der Waals surface area contributed by atoms with E-state index in [0.717, 1.165) is 76.2 Å². The van der Waals surface area contributed by atoms with Gasteiger partial charge in [-0.25, -0.2) is 0 Å². The number of nitrogens with one attached hydrogen (secondary N) is 1.